The molecule has 0 radical (unpaired) electrons. The number of thiophene rings is 1. The van der Waals surface area contributed by atoms with Crippen LogP contribution in [0.25, 0.3) is 10.2 Å². The second kappa shape index (κ2) is 10.4. The third kappa shape index (κ3) is 5.05. The van der Waals surface area contributed by atoms with E-state index in [9.17, 15) is 14.4 Å². The summed E-state index contributed by atoms with van der Waals surface area (Å²) in [6, 6.07) is 9.47. The average Bonchev–Trinajstić information content (AvgIpc) is 3.33. The summed E-state index contributed by atoms with van der Waals surface area (Å²) in [6.07, 6.45) is 4.21. The Labute approximate surface area is 197 Å². The minimum atomic E-state index is -0.281. The molecule has 4 rings (SSSR count). The van der Waals surface area contributed by atoms with Crippen molar-refractivity contribution in [1.82, 2.24) is 14.5 Å². The molecule has 1 aromatic carbocycles. The SMILES string of the molecule is CCCNC(=O)C1CCC(Cn2c(=O)c3sccc3n(Cc3cccc(OC)c3)c2=O)CC1. The van der Waals surface area contributed by atoms with E-state index >= 15 is 0 Å². The molecule has 1 saturated carbocycles. The van der Waals surface area contributed by atoms with Crippen molar-refractivity contribution in [2.75, 3.05) is 13.7 Å². The van der Waals surface area contributed by atoms with E-state index in [-0.39, 0.29) is 29.0 Å². The number of methoxy groups -OCH3 is 1. The lowest BCUT2D eigenvalue weighted by Crippen LogP contribution is -2.42. The van der Waals surface area contributed by atoms with Gasteiger partial charge in [0, 0.05) is 19.0 Å². The van der Waals surface area contributed by atoms with Crippen molar-refractivity contribution in [2.24, 2.45) is 11.8 Å². The first-order valence-electron chi connectivity index (χ1n) is 11.6. The van der Waals surface area contributed by atoms with Gasteiger partial charge in [-0.05, 0) is 67.2 Å². The predicted molar refractivity (Wildman–Crippen MR) is 131 cm³/mol. The highest BCUT2D eigenvalue weighted by atomic mass is 32.1. The van der Waals surface area contributed by atoms with Crippen LogP contribution in [0.2, 0.25) is 0 Å². The van der Waals surface area contributed by atoms with Crippen LogP contribution in [-0.2, 0) is 17.9 Å². The van der Waals surface area contributed by atoms with Crippen LogP contribution in [0.5, 0.6) is 5.75 Å². The van der Waals surface area contributed by atoms with E-state index in [1.807, 2.05) is 42.6 Å². The molecule has 0 bridgehead atoms. The lowest BCUT2D eigenvalue weighted by Gasteiger charge is -2.28. The van der Waals surface area contributed by atoms with Crippen molar-refractivity contribution in [3.8, 4) is 5.75 Å². The molecule has 0 saturated heterocycles. The largest absolute Gasteiger partial charge is 0.497 e. The number of benzene rings is 1. The number of ether oxygens (including phenoxy) is 1. The third-order valence-electron chi connectivity index (χ3n) is 6.52. The zero-order valence-corrected chi connectivity index (χ0v) is 20.0. The molecule has 176 valence electrons. The molecule has 0 spiro atoms. The molecular weight excluding hydrogens is 438 g/mol. The Bertz CT molecular complexity index is 1230. The summed E-state index contributed by atoms with van der Waals surface area (Å²) in [5, 5.41) is 4.84. The van der Waals surface area contributed by atoms with Gasteiger partial charge in [0.15, 0.2) is 0 Å². The maximum absolute atomic E-state index is 13.5. The molecule has 8 heteroatoms. The Morgan fingerprint density at radius 1 is 1.15 bits per heavy atom. The summed E-state index contributed by atoms with van der Waals surface area (Å²) in [5.74, 6) is 1.12. The molecule has 7 nitrogen and oxygen atoms in total. The summed E-state index contributed by atoms with van der Waals surface area (Å²) in [4.78, 5) is 38.9. The van der Waals surface area contributed by atoms with Crippen LogP contribution >= 0.6 is 11.3 Å². The number of aromatic nitrogens is 2. The number of rotatable bonds is 8. The molecule has 1 aliphatic carbocycles. The van der Waals surface area contributed by atoms with E-state index in [0.717, 1.165) is 43.4 Å². The molecule has 2 aromatic heterocycles. The van der Waals surface area contributed by atoms with E-state index in [2.05, 4.69) is 5.32 Å². The number of hydrogen-bond donors (Lipinski definition) is 1. The lowest BCUT2D eigenvalue weighted by molar-refractivity contribution is -0.126. The van der Waals surface area contributed by atoms with Crippen molar-refractivity contribution < 1.29 is 9.53 Å². The summed E-state index contributed by atoms with van der Waals surface area (Å²) >= 11 is 1.37. The van der Waals surface area contributed by atoms with Crippen LogP contribution in [0.1, 0.15) is 44.6 Å². The van der Waals surface area contributed by atoms with Gasteiger partial charge < -0.3 is 10.1 Å². The Hall–Kier alpha value is -2.87. The smallest absolute Gasteiger partial charge is 0.331 e. The normalized spacial score (nSPS) is 18.4. The quantitative estimate of drug-likeness (QED) is 0.546. The Morgan fingerprint density at radius 3 is 2.67 bits per heavy atom. The number of carbonyl (C=O) groups excluding carboxylic acids is 1. The number of hydrogen-bond acceptors (Lipinski definition) is 5. The number of nitrogens with one attached hydrogen (secondary N) is 1. The van der Waals surface area contributed by atoms with Gasteiger partial charge >= 0.3 is 5.69 Å². The van der Waals surface area contributed by atoms with Crippen molar-refractivity contribution in [1.29, 1.82) is 0 Å². The minimum absolute atomic E-state index is 0.0361. The topological polar surface area (TPSA) is 82.3 Å². The maximum atomic E-state index is 13.5. The predicted octanol–water partition coefficient (Wildman–Crippen LogP) is 3.61. The Morgan fingerprint density at radius 2 is 1.94 bits per heavy atom. The fourth-order valence-electron chi connectivity index (χ4n) is 4.66. The lowest BCUT2D eigenvalue weighted by atomic mass is 9.81. The van der Waals surface area contributed by atoms with Crippen LogP contribution in [0.15, 0.2) is 45.3 Å². The molecule has 2 heterocycles. The number of carbonyl (C=O) groups is 1. The van der Waals surface area contributed by atoms with Gasteiger partial charge in [-0.15, -0.1) is 11.3 Å². The first-order chi connectivity index (χ1) is 16.0. The van der Waals surface area contributed by atoms with Crippen LogP contribution in [0, 0.1) is 11.8 Å². The summed E-state index contributed by atoms with van der Waals surface area (Å²) in [5.41, 5.74) is 1.12. The monoisotopic (exact) mass is 469 g/mol. The molecular formula is C25H31N3O4S. The number of amides is 1. The highest BCUT2D eigenvalue weighted by Crippen LogP contribution is 2.30. The standard InChI is InChI=1S/C25H31N3O4S/c1-3-12-26-23(29)19-9-7-17(8-10-19)15-28-24(30)22-21(11-13-33-22)27(25(28)31)16-18-5-4-6-20(14-18)32-2/h4-6,11,13-14,17,19H,3,7-10,12,15-16H2,1-2H3,(H,26,29). The number of nitrogens with zero attached hydrogens (tertiary/aromatic N) is 2. The molecule has 1 amide bonds. The summed E-state index contributed by atoms with van der Waals surface area (Å²) in [7, 11) is 1.62. The molecule has 1 aliphatic rings. The second-order valence-electron chi connectivity index (χ2n) is 8.78. The van der Waals surface area contributed by atoms with Crippen LogP contribution in [0.3, 0.4) is 0 Å². The highest BCUT2D eigenvalue weighted by Gasteiger charge is 2.27. The molecule has 0 unspecified atom stereocenters. The van der Waals surface area contributed by atoms with Crippen molar-refractivity contribution in [2.45, 2.75) is 52.1 Å². The van der Waals surface area contributed by atoms with Gasteiger partial charge in [0.2, 0.25) is 5.91 Å². The van der Waals surface area contributed by atoms with Gasteiger partial charge in [-0.2, -0.15) is 0 Å². The number of fused-ring (bicyclic) bond motifs is 1. The van der Waals surface area contributed by atoms with Gasteiger partial charge in [0.25, 0.3) is 5.56 Å². The molecule has 1 N–H and O–H groups in total. The fourth-order valence-corrected chi connectivity index (χ4v) is 5.50. The zero-order valence-electron chi connectivity index (χ0n) is 19.2. The molecule has 3 aromatic rings. The first kappa shape index (κ1) is 23.3. The van der Waals surface area contributed by atoms with Gasteiger partial charge in [0.1, 0.15) is 10.4 Å². The van der Waals surface area contributed by atoms with E-state index in [1.54, 1.807) is 11.7 Å². The Kier molecular flexibility index (Phi) is 7.33. The highest BCUT2D eigenvalue weighted by molar-refractivity contribution is 7.17. The average molecular weight is 470 g/mol. The first-order valence-corrected chi connectivity index (χ1v) is 12.5. The van der Waals surface area contributed by atoms with E-state index < -0.39 is 0 Å². The van der Waals surface area contributed by atoms with Crippen molar-refractivity contribution in [3.05, 3.63) is 62.1 Å². The fraction of sp³-hybridized carbons (Fsp3) is 0.480. The minimum Gasteiger partial charge on any atom is -0.497 e. The van der Waals surface area contributed by atoms with Crippen LogP contribution in [0.4, 0.5) is 0 Å². The van der Waals surface area contributed by atoms with Gasteiger partial charge in [-0.3, -0.25) is 18.7 Å². The summed E-state index contributed by atoms with van der Waals surface area (Å²) in [6.45, 7) is 3.52. The third-order valence-corrected chi connectivity index (χ3v) is 7.41. The van der Waals surface area contributed by atoms with Gasteiger partial charge in [-0.25, -0.2) is 4.79 Å². The van der Waals surface area contributed by atoms with Gasteiger partial charge in [-0.1, -0.05) is 19.1 Å². The zero-order chi connectivity index (χ0) is 23.4. The van der Waals surface area contributed by atoms with Crippen molar-refractivity contribution in [3.63, 3.8) is 0 Å². The van der Waals surface area contributed by atoms with Crippen LogP contribution in [-0.4, -0.2) is 28.7 Å². The molecule has 0 atom stereocenters. The van der Waals surface area contributed by atoms with E-state index in [1.165, 1.54) is 15.9 Å². The maximum Gasteiger partial charge on any atom is 0.331 e. The summed E-state index contributed by atoms with van der Waals surface area (Å²) < 4.78 is 9.01. The van der Waals surface area contributed by atoms with E-state index in [4.69, 9.17) is 4.74 Å². The molecule has 33 heavy (non-hydrogen) atoms. The Balaban J connectivity index is 1.57. The second-order valence-corrected chi connectivity index (χ2v) is 9.70. The van der Waals surface area contributed by atoms with E-state index in [0.29, 0.717) is 29.9 Å². The molecule has 1 fully saturated rings. The van der Waals surface area contributed by atoms with Gasteiger partial charge in [0.05, 0.1) is 19.2 Å². The van der Waals surface area contributed by atoms with Crippen molar-refractivity contribution >= 4 is 27.5 Å². The van der Waals surface area contributed by atoms with Crippen LogP contribution < -0.4 is 21.3 Å². The molecule has 0 aliphatic heterocycles.